The molecule has 2 aromatic rings. The number of fused-ring (bicyclic) bond motifs is 3. The highest BCUT2D eigenvalue weighted by Crippen LogP contribution is 2.30. The Morgan fingerprint density at radius 3 is 2.59 bits per heavy atom. The molecule has 0 radical (unpaired) electrons. The molecule has 0 spiro atoms. The highest BCUT2D eigenvalue weighted by atomic mass is 35.5. The van der Waals surface area contributed by atoms with Crippen molar-refractivity contribution in [2.45, 2.75) is 10.8 Å². The summed E-state index contributed by atoms with van der Waals surface area (Å²) < 4.78 is 4.75. The van der Waals surface area contributed by atoms with Gasteiger partial charge in [0.15, 0.2) is 0 Å². The van der Waals surface area contributed by atoms with Crippen LogP contribution < -0.4 is 10.6 Å². The molecule has 0 unspecified atom stereocenters. The van der Waals surface area contributed by atoms with Crippen molar-refractivity contribution in [2.24, 2.45) is 0 Å². The average molecular weight is 308 g/mol. The number of rotatable bonds is 0. The maximum absolute atomic E-state index is 6.06. The minimum absolute atomic E-state index is 0.466. The second kappa shape index (κ2) is 3.83. The third kappa shape index (κ3) is 1.96. The van der Waals surface area contributed by atoms with Crippen LogP contribution in [0.15, 0.2) is 16.5 Å². The molecule has 5 heteroatoms. The summed E-state index contributed by atoms with van der Waals surface area (Å²) in [7, 11) is 0. The van der Waals surface area contributed by atoms with Crippen LogP contribution in [0.5, 0.6) is 0 Å². The van der Waals surface area contributed by atoms with Crippen LogP contribution in [-0.4, -0.2) is 4.33 Å². The van der Waals surface area contributed by atoms with E-state index in [0.717, 1.165) is 10.6 Å². The first-order chi connectivity index (χ1) is 7.96. The molecule has 0 bridgehead atoms. The Kier molecular flexibility index (Phi) is 2.64. The van der Waals surface area contributed by atoms with Crippen molar-refractivity contribution in [1.29, 1.82) is 0 Å². The largest absolute Gasteiger partial charge is 0.456 e. The second-order valence-corrected chi connectivity index (χ2v) is 6.31. The summed E-state index contributed by atoms with van der Waals surface area (Å²) in [6.07, 6.45) is 4.19. The normalized spacial score (nSPS) is 17.4. The summed E-state index contributed by atoms with van der Waals surface area (Å²) in [4.78, 5) is 0. The van der Waals surface area contributed by atoms with Crippen LogP contribution in [0, 0.1) is 0 Å². The van der Waals surface area contributed by atoms with Gasteiger partial charge in [0.1, 0.15) is 15.3 Å². The molecule has 0 N–H and O–H groups in total. The number of halogens is 4. The van der Waals surface area contributed by atoms with Crippen molar-refractivity contribution in [3.05, 3.63) is 32.8 Å². The van der Waals surface area contributed by atoms with E-state index in [1.165, 1.54) is 0 Å². The highest BCUT2D eigenvalue weighted by molar-refractivity contribution is 6.52. The Labute approximate surface area is 117 Å². The lowest BCUT2D eigenvalue weighted by atomic mass is 10.1. The van der Waals surface area contributed by atoms with Crippen molar-refractivity contribution in [2.75, 3.05) is 0 Å². The van der Waals surface area contributed by atoms with Crippen LogP contribution in [0.3, 0.4) is 0 Å². The quantitative estimate of drug-likeness (QED) is 0.673. The predicted molar refractivity (Wildman–Crippen MR) is 73.5 cm³/mol. The van der Waals surface area contributed by atoms with Crippen LogP contribution >= 0.6 is 46.4 Å². The molecule has 0 atom stereocenters. The van der Waals surface area contributed by atoms with Crippen LogP contribution in [-0.2, 0) is 0 Å². The Morgan fingerprint density at radius 2 is 1.82 bits per heavy atom. The first-order valence-corrected chi connectivity index (χ1v) is 6.46. The van der Waals surface area contributed by atoms with Crippen molar-refractivity contribution < 1.29 is 4.42 Å². The zero-order chi connectivity index (χ0) is 12.2. The summed E-state index contributed by atoms with van der Waals surface area (Å²) in [6, 6.07) is 3.49. The van der Waals surface area contributed by atoms with Gasteiger partial charge in [0.05, 0.1) is 10.0 Å². The number of benzene rings is 1. The van der Waals surface area contributed by atoms with E-state index >= 15 is 0 Å². The zero-order valence-electron chi connectivity index (χ0n) is 8.44. The molecular formula is C12H6Cl4O. The van der Waals surface area contributed by atoms with Gasteiger partial charge in [-0.05, 0) is 12.1 Å². The Morgan fingerprint density at radius 1 is 1.12 bits per heavy atom. The van der Waals surface area contributed by atoms with Gasteiger partial charge in [0.2, 0.25) is 0 Å². The fraction of sp³-hybridized carbons (Fsp3) is 0.167. The van der Waals surface area contributed by atoms with E-state index in [2.05, 4.69) is 0 Å². The minimum atomic E-state index is -0.908. The predicted octanol–water partition coefficient (Wildman–Crippen LogP) is 3.88. The molecule has 3 rings (SSSR count). The molecule has 0 fully saturated rings. The lowest BCUT2D eigenvalue weighted by Gasteiger charge is -2.13. The molecule has 88 valence electrons. The van der Waals surface area contributed by atoms with E-state index in [0.29, 0.717) is 27.5 Å². The highest BCUT2D eigenvalue weighted by Gasteiger charge is 2.23. The Balaban J connectivity index is 2.45. The van der Waals surface area contributed by atoms with Crippen LogP contribution in [0.25, 0.3) is 23.1 Å². The zero-order valence-corrected chi connectivity index (χ0v) is 11.5. The third-order valence-corrected chi connectivity index (χ3v) is 3.97. The van der Waals surface area contributed by atoms with E-state index in [-0.39, 0.29) is 0 Å². The molecule has 1 aliphatic rings. The lowest BCUT2D eigenvalue weighted by molar-refractivity contribution is 0.571. The second-order valence-electron chi connectivity index (χ2n) is 3.96. The smallest absolute Gasteiger partial charge is 0.143 e. The Hall–Kier alpha value is -0.340. The summed E-state index contributed by atoms with van der Waals surface area (Å²) in [5.41, 5.74) is 1.34. The van der Waals surface area contributed by atoms with Gasteiger partial charge in [-0.15, -0.1) is 0 Å². The molecule has 1 nitrogen and oxygen atoms in total. The third-order valence-electron chi connectivity index (χ3n) is 2.72. The molecule has 0 saturated heterocycles. The fourth-order valence-corrected chi connectivity index (χ4v) is 2.61. The van der Waals surface area contributed by atoms with E-state index in [4.69, 9.17) is 50.8 Å². The van der Waals surface area contributed by atoms with E-state index in [1.807, 2.05) is 6.08 Å². The maximum Gasteiger partial charge on any atom is 0.143 e. The van der Waals surface area contributed by atoms with Gasteiger partial charge in [-0.25, -0.2) is 0 Å². The number of furan rings is 1. The van der Waals surface area contributed by atoms with Crippen molar-refractivity contribution >= 4 is 69.5 Å². The average Bonchev–Trinajstić information content (AvgIpc) is 2.54. The molecule has 0 amide bonds. The van der Waals surface area contributed by atoms with Gasteiger partial charge < -0.3 is 4.42 Å². The SMILES string of the molecule is Clc1cc2oc3c(c2cc1Cl)=CCC(Cl)(Cl)C=3. The fourth-order valence-electron chi connectivity index (χ4n) is 1.94. The monoisotopic (exact) mass is 306 g/mol. The molecule has 1 heterocycles. The van der Waals surface area contributed by atoms with Gasteiger partial charge in [0.25, 0.3) is 0 Å². The molecule has 0 saturated carbocycles. The van der Waals surface area contributed by atoms with Crippen molar-refractivity contribution in [3.63, 3.8) is 0 Å². The van der Waals surface area contributed by atoms with Gasteiger partial charge in [-0.3, -0.25) is 0 Å². The van der Waals surface area contributed by atoms with E-state index in [1.54, 1.807) is 18.2 Å². The molecule has 1 aromatic carbocycles. The van der Waals surface area contributed by atoms with Gasteiger partial charge in [0, 0.05) is 23.1 Å². The minimum Gasteiger partial charge on any atom is -0.456 e. The van der Waals surface area contributed by atoms with Crippen molar-refractivity contribution in [1.82, 2.24) is 0 Å². The summed E-state index contributed by atoms with van der Waals surface area (Å²) in [5.74, 6) is 0. The standard InChI is InChI=1S/C12H6Cl4O/c13-8-3-7-6-1-2-12(15,16)5-11(6)17-10(7)4-9(8)14/h1,3-5H,2H2. The molecule has 1 aromatic heterocycles. The van der Waals surface area contributed by atoms with Crippen LogP contribution in [0.1, 0.15) is 6.42 Å². The van der Waals surface area contributed by atoms with E-state index in [9.17, 15) is 0 Å². The summed E-state index contributed by atoms with van der Waals surface area (Å²) in [5, 5.41) is 2.86. The number of hydrogen-bond acceptors (Lipinski definition) is 1. The molecule has 17 heavy (non-hydrogen) atoms. The molecule has 0 aliphatic heterocycles. The van der Waals surface area contributed by atoms with E-state index < -0.39 is 4.33 Å². The van der Waals surface area contributed by atoms with Crippen molar-refractivity contribution in [3.8, 4) is 0 Å². The summed E-state index contributed by atoms with van der Waals surface area (Å²) >= 11 is 24.0. The Bertz CT molecular complexity index is 727. The van der Waals surface area contributed by atoms with Gasteiger partial charge >= 0.3 is 0 Å². The number of hydrogen-bond donors (Lipinski definition) is 0. The van der Waals surface area contributed by atoms with Crippen LogP contribution in [0.2, 0.25) is 10.0 Å². The summed E-state index contributed by atoms with van der Waals surface area (Å²) in [6.45, 7) is 0. The molecular weight excluding hydrogens is 302 g/mol. The first-order valence-electron chi connectivity index (χ1n) is 4.95. The van der Waals surface area contributed by atoms with Crippen LogP contribution in [0.4, 0.5) is 0 Å². The maximum atomic E-state index is 6.06. The first kappa shape index (κ1) is 11.7. The molecule has 1 aliphatic carbocycles. The van der Waals surface area contributed by atoms with Gasteiger partial charge in [-0.2, -0.15) is 0 Å². The van der Waals surface area contributed by atoms with Gasteiger partial charge in [-0.1, -0.05) is 52.5 Å². The number of alkyl halides is 2. The topological polar surface area (TPSA) is 13.1 Å². The lowest BCUT2D eigenvalue weighted by Crippen LogP contribution is -2.29.